The molecule has 4 heteroatoms. The van der Waals surface area contributed by atoms with Gasteiger partial charge in [0.1, 0.15) is 5.82 Å². The minimum Gasteiger partial charge on any atom is -0.326 e. The molecule has 24 heavy (non-hydrogen) atoms. The van der Waals surface area contributed by atoms with Crippen molar-refractivity contribution in [1.82, 2.24) is 4.90 Å². The smallest absolute Gasteiger partial charge is 0.228 e. The molecule has 0 spiro atoms. The van der Waals surface area contributed by atoms with E-state index in [1.807, 2.05) is 43.3 Å². The zero-order valence-electron chi connectivity index (χ0n) is 14.0. The van der Waals surface area contributed by atoms with Gasteiger partial charge in [0.15, 0.2) is 0 Å². The van der Waals surface area contributed by atoms with Gasteiger partial charge in [-0.25, -0.2) is 4.39 Å². The average molecular weight is 326 g/mol. The molecule has 0 radical (unpaired) electrons. The number of aryl methyl sites for hydroxylation is 1. The van der Waals surface area contributed by atoms with E-state index in [2.05, 4.69) is 10.2 Å². The summed E-state index contributed by atoms with van der Waals surface area (Å²) in [6.07, 6.45) is 1.92. The van der Waals surface area contributed by atoms with Crippen molar-refractivity contribution in [2.75, 3.05) is 18.4 Å². The number of halogens is 1. The van der Waals surface area contributed by atoms with Crippen molar-refractivity contribution in [3.8, 4) is 0 Å². The number of nitrogens with zero attached hydrogens (tertiary/aromatic N) is 1. The maximum absolute atomic E-state index is 13.0. The first-order valence-corrected chi connectivity index (χ1v) is 8.44. The van der Waals surface area contributed by atoms with E-state index in [1.165, 1.54) is 12.1 Å². The number of amides is 1. The summed E-state index contributed by atoms with van der Waals surface area (Å²) in [5.41, 5.74) is 3.07. The molecule has 1 heterocycles. The third-order valence-electron chi connectivity index (χ3n) is 4.48. The van der Waals surface area contributed by atoms with Crippen LogP contribution in [0, 0.1) is 18.7 Å². The van der Waals surface area contributed by atoms with Crippen LogP contribution in [-0.4, -0.2) is 23.9 Å². The van der Waals surface area contributed by atoms with Crippen molar-refractivity contribution in [2.24, 2.45) is 5.92 Å². The first-order valence-electron chi connectivity index (χ1n) is 8.44. The van der Waals surface area contributed by atoms with Crippen molar-refractivity contribution in [3.63, 3.8) is 0 Å². The first kappa shape index (κ1) is 16.7. The lowest BCUT2D eigenvalue weighted by Gasteiger charge is -2.32. The van der Waals surface area contributed by atoms with E-state index in [0.29, 0.717) is 0 Å². The molecular weight excluding hydrogens is 303 g/mol. The quantitative estimate of drug-likeness (QED) is 0.921. The molecule has 126 valence electrons. The van der Waals surface area contributed by atoms with Gasteiger partial charge in [-0.1, -0.05) is 24.3 Å². The van der Waals surface area contributed by atoms with Crippen LogP contribution in [0.1, 0.15) is 24.0 Å². The van der Waals surface area contributed by atoms with Crippen molar-refractivity contribution < 1.29 is 9.18 Å². The number of carbonyl (C=O) groups excluding carboxylic acids is 1. The molecule has 2 aromatic carbocycles. The molecule has 1 N–H and O–H groups in total. The zero-order valence-corrected chi connectivity index (χ0v) is 14.0. The number of hydrogen-bond donors (Lipinski definition) is 1. The number of piperidine rings is 1. The molecule has 2 aromatic rings. The minimum atomic E-state index is -0.215. The van der Waals surface area contributed by atoms with E-state index in [4.69, 9.17) is 0 Å². The summed E-state index contributed by atoms with van der Waals surface area (Å²) < 4.78 is 13.0. The molecule has 0 aromatic heterocycles. The predicted octanol–water partition coefficient (Wildman–Crippen LogP) is 3.98. The number of benzene rings is 2. The molecule has 3 nitrogen and oxygen atoms in total. The van der Waals surface area contributed by atoms with Gasteiger partial charge in [-0.2, -0.15) is 0 Å². The van der Waals surface area contributed by atoms with Gasteiger partial charge in [-0.15, -0.1) is 0 Å². The van der Waals surface area contributed by atoms with E-state index in [9.17, 15) is 9.18 Å². The Morgan fingerprint density at radius 1 is 1.25 bits per heavy atom. The number of anilines is 1. The van der Waals surface area contributed by atoms with Crippen LogP contribution in [0.5, 0.6) is 0 Å². The molecule has 1 unspecified atom stereocenters. The summed E-state index contributed by atoms with van der Waals surface area (Å²) in [7, 11) is 0. The van der Waals surface area contributed by atoms with Crippen molar-refractivity contribution in [1.29, 1.82) is 0 Å². The van der Waals surface area contributed by atoms with Gasteiger partial charge in [0.2, 0.25) is 5.91 Å². The molecule has 1 atom stereocenters. The van der Waals surface area contributed by atoms with Crippen molar-refractivity contribution >= 4 is 11.6 Å². The van der Waals surface area contributed by atoms with Crippen LogP contribution in [0.4, 0.5) is 10.1 Å². The highest BCUT2D eigenvalue weighted by Gasteiger charge is 2.25. The van der Waals surface area contributed by atoms with Gasteiger partial charge in [-0.05, 0) is 61.7 Å². The summed E-state index contributed by atoms with van der Waals surface area (Å²) in [4.78, 5) is 14.8. The van der Waals surface area contributed by atoms with E-state index in [1.54, 1.807) is 0 Å². The van der Waals surface area contributed by atoms with Crippen molar-refractivity contribution in [3.05, 3.63) is 65.5 Å². The molecule has 1 fully saturated rings. The number of nitrogens with one attached hydrogen (secondary N) is 1. The summed E-state index contributed by atoms with van der Waals surface area (Å²) >= 11 is 0. The molecule has 3 rings (SSSR count). The Labute approximate surface area is 142 Å². The van der Waals surface area contributed by atoms with Gasteiger partial charge < -0.3 is 5.32 Å². The molecule has 1 saturated heterocycles. The van der Waals surface area contributed by atoms with E-state index in [0.717, 1.165) is 49.3 Å². The summed E-state index contributed by atoms with van der Waals surface area (Å²) in [6.45, 7) is 4.50. The normalized spacial score (nSPS) is 18.3. The Kier molecular flexibility index (Phi) is 5.26. The monoisotopic (exact) mass is 326 g/mol. The average Bonchev–Trinajstić information content (AvgIpc) is 2.57. The number of hydrogen-bond acceptors (Lipinski definition) is 2. The number of carbonyl (C=O) groups is 1. The van der Waals surface area contributed by atoms with Gasteiger partial charge in [0.05, 0.1) is 5.92 Å². The second-order valence-electron chi connectivity index (χ2n) is 6.56. The fourth-order valence-corrected chi connectivity index (χ4v) is 3.23. The van der Waals surface area contributed by atoms with Crippen LogP contribution in [0.3, 0.4) is 0 Å². The SMILES string of the molecule is Cc1cccc(NC(=O)C2CCCN(Cc3ccc(F)cc3)C2)c1. The predicted molar refractivity (Wildman–Crippen MR) is 94.2 cm³/mol. The van der Waals surface area contributed by atoms with Gasteiger partial charge in [-0.3, -0.25) is 9.69 Å². The Hall–Kier alpha value is -2.20. The fourth-order valence-electron chi connectivity index (χ4n) is 3.23. The maximum atomic E-state index is 13.0. The summed E-state index contributed by atoms with van der Waals surface area (Å²) in [5.74, 6) is -0.128. The Balaban J connectivity index is 1.58. The highest BCUT2D eigenvalue weighted by molar-refractivity contribution is 5.92. The largest absolute Gasteiger partial charge is 0.326 e. The topological polar surface area (TPSA) is 32.3 Å². The molecular formula is C20H23FN2O. The standard InChI is InChI=1S/C20H23FN2O/c1-15-4-2-6-19(12-15)22-20(24)17-5-3-11-23(14-17)13-16-7-9-18(21)10-8-16/h2,4,6-10,12,17H,3,5,11,13-14H2,1H3,(H,22,24). The summed E-state index contributed by atoms with van der Waals surface area (Å²) in [6, 6.07) is 14.5. The second kappa shape index (κ2) is 7.58. The zero-order chi connectivity index (χ0) is 16.9. The van der Waals surface area contributed by atoms with E-state index < -0.39 is 0 Å². The van der Waals surface area contributed by atoms with Crippen LogP contribution in [0.25, 0.3) is 0 Å². The number of rotatable bonds is 4. The third-order valence-corrected chi connectivity index (χ3v) is 4.48. The van der Waals surface area contributed by atoms with Crippen molar-refractivity contribution in [2.45, 2.75) is 26.3 Å². The third kappa shape index (κ3) is 4.42. The lowest BCUT2D eigenvalue weighted by atomic mass is 9.96. The Morgan fingerprint density at radius 3 is 2.79 bits per heavy atom. The van der Waals surface area contributed by atoms with Crippen LogP contribution in [-0.2, 0) is 11.3 Å². The van der Waals surface area contributed by atoms with Gasteiger partial charge in [0, 0.05) is 18.8 Å². The molecule has 1 aliphatic rings. The first-order chi connectivity index (χ1) is 11.6. The van der Waals surface area contributed by atoms with Crippen LogP contribution in [0.2, 0.25) is 0 Å². The molecule has 1 amide bonds. The van der Waals surface area contributed by atoms with Crippen LogP contribution >= 0.6 is 0 Å². The molecule has 0 aliphatic carbocycles. The number of likely N-dealkylation sites (tertiary alicyclic amines) is 1. The Bertz CT molecular complexity index is 699. The lowest BCUT2D eigenvalue weighted by molar-refractivity contribution is -0.121. The molecule has 0 saturated carbocycles. The molecule has 0 bridgehead atoms. The summed E-state index contributed by atoms with van der Waals surface area (Å²) in [5, 5.41) is 3.03. The molecule has 1 aliphatic heterocycles. The highest BCUT2D eigenvalue weighted by Crippen LogP contribution is 2.21. The fraction of sp³-hybridized carbons (Fsp3) is 0.350. The lowest BCUT2D eigenvalue weighted by Crippen LogP contribution is -2.40. The minimum absolute atomic E-state index is 0.000268. The maximum Gasteiger partial charge on any atom is 0.228 e. The van der Waals surface area contributed by atoms with Crippen LogP contribution in [0.15, 0.2) is 48.5 Å². The van der Waals surface area contributed by atoms with Gasteiger partial charge in [0.25, 0.3) is 0 Å². The highest BCUT2D eigenvalue weighted by atomic mass is 19.1. The van der Waals surface area contributed by atoms with E-state index in [-0.39, 0.29) is 17.6 Å². The van der Waals surface area contributed by atoms with Gasteiger partial charge >= 0.3 is 0 Å². The van der Waals surface area contributed by atoms with E-state index >= 15 is 0 Å². The Morgan fingerprint density at radius 2 is 2.04 bits per heavy atom. The van der Waals surface area contributed by atoms with Crippen LogP contribution < -0.4 is 5.32 Å². The second-order valence-corrected chi connectivity index (χ2v) is 6.56.